The molecule has 1 N–H and O–H groups in total. The van der Waals surface area contributed by atoms with E-state index in [1.807, 2.05) is 13.0 Å². The van der Waals surface area contributed by atoms with Crippen LogP contribution in [0.3, 0.4) is 0 Å². The number of nitrogens with zero attached hydrogens (tertiary/aromatic N) is 1. The zero-order chi connectivity index (χ0) is 10.7. The molecule has 0 aromatic heterocycles. The summed E-state index contributed by atoms with van der Waals surface area (Å²) in [7, 11) is 0. The van der Waals surface area contributed by atoms with E-state index in [0.717, 1.165) is 13.1 Å². The SMILES string of the molecule is C[C@H](O)CN(Cc1ccccc1)C1CC1. The van der Waals surface area contributed by atoms with Crippen molar-refractivity contribution in [2.75, 3.05) is 6.54 Å². The van der Waals surface area contributed by atoms with Crippen LogP contribution in [0.4, 0.5) is 0 Å². The molecule has 1 aromatic rings. The van der Waals surface area contributed by atoms with Gasteiger partial charge in [-0.25, -0.2) is 0 Å². The third-order valence-corrected chi connectivity index (χ3v) is 2.79. The van der Waals surface area contributed by atoms with Gasteiger partial charge in [0.1, 0.15) is 0 Å². The summed E-state index contributed by atoms with van der Waals surface area (Å²) in [5.41, 5.74) is 1.34. The molecule has 15 heavy (non-hydrogen) atoms. The fourth-order valence-electron chi connectivity index (χ4n) is 1.94. The van der Waals surface area contributed by atoms with Crippen molar-refractivity contribution >= 4 is 0 Å². The summed E-state index contributed by atoms with van der Waals surface area (Å²) in [5, 5.41) is 9.44. The standard InChI is InChI=1S/C13H19NO/c1-11(15)9-14(13-7-8-13)10-12-5-3-2-4-6-12/h2-6,11,13,15H,7-10H2,1H3/t11-/m0/s1. The highest BCUT2D eigenvalue weighted by Gasteiger charge is 2.29. The van der Waals surface area contributed by atoms with E-state index in [-0.39, 0.29) is 6.10 Å². The monoisotopic (exact) mass is 205 g/mol. The minimum atomic E-state index is -0.227. The predicted octanol–water partition coefficient (Wildman–Crippen LogP) is 2.03. The maximum atomic E-state index is 9.44. The molecule has 1 aliphatic rings. The Bertz CT molecular complexity index is 293. The Morgan fingerprint density at radius 1 is 1.33 bits per heavy atom. The molecule has 0 amide bonds. The maximum absolute atomic E-state index is 9.44. The number of rotatable bonds is 5. The van der Waals surface area contributed by atoms with Crippen molar-refractivity contribution in [1.82, 2.24) is 4.90 Å². The fourth-order valence-corrected chi connectivity index (χ4v) is 1.94. The molecule has 2 heteroatoms. The summed E-state index contributed by atoms with van der Waals surface area (Å²) >= 11 is 0. The van der Waals surface area contributed by atoms with Crippen molar-refractivity contribution in [3.8, 4) is 0 Å². The molecule has 1 saturated carbocycles. The molecular formula is C13H19NO. The van der Waals surface area contributed by atoms with E-state index in [1.165, 1.54) is 18.4 Å². The van der Waals surface area contributed by atoms with Gasteiger partial charge in [-0.15, -0.1) is 0 Å². The van der Waals surface area contributed by atoms with Crippen LogP contribution in [-0.4, -0.2) is 28.7 Å². The lowest BCUT2D eigenvalue weighted by Crippen LogP contribution is -2.32. The van der Waals surface area contributed by atoms with Crippen LogP contribution >= 0.6 is 0 Å². The van der Waals surface area contributed by atoms with Gasteiger partial charge in [0, 0.05) is 19.1 Å². The normalized spacial score (nSPS) is 18.1. The zero-order valence-electron chi connectivity index (χ0n) is 9.26. The van der Waals surface area contributed by atoms with E-state index >= 15 is 0 Å². The van der Waals surface area contributed by atoms with E-state index < -0.39 is 0 Å². The topological polar surface area (TPSA) is 23.5 Å². The van der Waals surface area contributed by atoms with E-state index in [0.29, 0.717) is 6.04 Å². The lowest BCUT2D eigenvalue weighted by atomic mass is 10.2. The van der Waals surface area contributed by atoms with Crippen LogP contribution in [0.15, 0.2) is 30.3 Å². The summed E-state index contributed by atoms with van der Waals surface area (Å²) in [6, 6.07) is 11.2. The first-order chi connectivity index (χ1) is 7.25. The van der Waals surface area contributed by atoms with Gasteiger partial charge in [0.15, 0.2) is 0 Å². The Hall–Kier alpha value is -0.860. The maximum Gasteiger partial charge on any atom is 0.0639 e. The second-order valence-electron chi connectivity index (χ2n) is 4.50. The van der Waals surface area contributed by atoms with E-state index in [1.54, 1.807) is 0 Å². The average Bonchev–Trinajstić information content (AvgIpc) is 3.01. The van der Waals surface area contributed by atoms with Crippen molar-refractivity contribution < 1.29 is 5.11 Å². The number of aliphatic hydroxyl groups is 1. The van der Waals surface area contributed by atoms with Crippen molar-refractivity contribution in [1.29, 1.82) is 0 Å². The van der Waals surface area contributed by atoms with E-state index in [2.05, 4.69) is 29.2 Å². The van der Waals surface area contributed by atoms with Gasteiger partial charge < -0.3 is 5.11 Å². The number of hydrogen-bond acceptors (Lipinski definition) is 2. The van der Waals surface area contributed by atoms with Crippen LogP contribution < -0.4 is 0 Å². The summed E-state index contributed by atoms with van der Waals surface area (Å²) in [6.07, 6.45) is 2.35. The van der Waals surface area contributed by atoms with Gasteiger partial charge in [-0.05, 0) is 25.3 Å². The predicted molar refractivity (Wildman–Crippen MR) is 61.6 cm³/mol. The van der Waals surface area contributed by atoms with Gasteiger partial charge >= 0.3 is 0 Å². The third-order valence-electron chi connectivity index (χ3n) is 2.79. The Kier molecular flexibility index (Phi) is 3.39. The van der Waals surface area contributed by atoms with E-state index in [4.69, 9.17) is 0 Å². The molecule has 1 fully saturated rings. The summed E-state index contributed by atoms with van der Waals surface area (Å²) in [4.78, 5) is 2.39. The Labute approximate surface area is 91.5 Å². The highest BCUT2D eigenvalue weighted by molar-refractivity contribution is 5.14. The van der Waals surface area contributed by atoms with Crippen molar-refractivity contribution in [3.63, 3.8) is 0 Å². The first kappa shape index (κ1) is 10.7. The van der Waals surface area contributed by atoms with Gasteiger partial charge in [-0.1, -0.05) is 30.3 Å². The number of benzene rings is 1. The third kappa shape index (κ3) is 3.33. The highest BCUT2D eigenvalue weighted by atomic mass is 16.3. The van der Waals surface area contributed by atoms with Crippen molar-refractivity contribution in [3.05, 3.63) is 35.9 Å². The lowest BCUT2D eigenvalue weighted by Gasteiger charge is -2.23. The van der Waals surface area contributed by atoms with Crippen LogP contribution in [0.5, 0.6) is 0 Å². The van der Waals surface area contributed by atoms with Crippen molar-refractivity contribution in [2.24, 2.45) is 0 Å². The molecule has 1 aromatic carbocycles. The van der Waals surface area contributed by atoms with Gasteiger partial charge in [-0.3, -0.25) is 4.90 Å². The quantitative estimate of drug-likeness (QED) is 0.795. The molecule has 1 atom stereocenters. The number of aliphatic hydroxyl groups excluding tert-OH is 1. The minimum Gasteiger partial charge on any atom is -0.392 e. The molecule has 2 rings (SSSR count). The second kappa shape index (κ2) is 4.77. The molecule has 0 saturated heterocycles. The molecule has 1 aliphatic carbocycles. The smallest absolute Gasteiger partial charge is 0.0639 e. The number of hydrogen-bond donors (Lipinski definition) is 1. The lowest BCUT2D eigenvalue weighted by molar-refractivity contribution is 0.117. The molecule has 0 aliphatic heterocycles. The molecule has 0 bridgehead atoms. The molecule has 0 unspecified atom stereocenters. The Balaban J connectivity index is 1.94. The molecule has 2 nitrogen and oxygen atoms in total. The van der Waals surface area contributed by atoms with Crippen LogP contribution in [0.25, 0.3) is 0 Å². The van der Waals surface area contributed by atoms with E-state index in [9.17, 15) is 5.11 Å². The van der Waals surface area contributed by atoms with Crippen LogP contribution in [0.1, 0.15) is 25.3 Å². The largest absolute Gasteiger partial charge is 0.392 e. The first-order valence-corrected chi connectivity index (χ1v) is 5.72. The average molecular weight is 205 g/mol. The molecule has 82 valence electrons. The summed E-state index contributed by atoms with van der Waals surface area (Å²) < 4.78 is 0. The fraction of sp³-hybridized carbons (Fsp3) is 0.538. The first-order valence-electron chi connectivity index (χ1n) is 5.72. The molecule has 0 heterocycles. The van der Waals surface area contributed by atoms with Crippen molar-refractivity contribution in [2.45, 2.75) is 38.5 Å². The second-order valence-corrected chi connectivity index (χ2v) is 4.50. The van der Waals surface area contributed by atoms with Crippen LogP contribution in [0, 0.1) is 0 Å². The highest BCUT2D eigenvalue weighted by Crippen LogP contribution is 2.28. The summed E-state index contributed by atoms with van der Waals surface area (Å²) in [5.74, 6) is 0. The minimum absolute atomic E-state index is 0.227. The van der Waals surface area contributed by atoms with Gasteiger partial charge in [0.05, 0.1) is 6.10 Å². The van der Waals surface area contributed by atoms with Gasteiger partial charge in [0.25, 0.3) is 0 Å². The van der Waals surface area contributed by atoms with Gasteiger partial charge in [-0.2, -0.15) is 0 Å². The Morgan fingerprint density at radius 2 is 2.00 bits per heavy atom. The molecule has 0 radical (unpaired) electrons. The molecule has 0 spiro atoms. The van der Waals surface area contributed by atoms with Gasteiger partial charge in [0.2, 0.25) is 0 Å². The summed E-state index contributed by atoms with van der Waals surface area (Å²) in [6.45, 7) is 3.62. The van der Waals surface area contributed by atoms with Crippen LogP contribution in [-0.2, 0) is 6.54 Å². The zero-order valence-corrected chi connectivity index (χ0v) is 9.26. The molecular weight excluding hydrogens is 186 g/mol. The van der Waals surface area contributed by atoms with Crippen LogP contribution in [0.2, 0.25) is 0 Å². The Morgan fingerprint density at radius 3 is 2.53 bits per heavy atom.